The van der Waals surface area contributed by atoms with Gasteiger partial charge in [0.1, 0.15) is 11.5 Å². The molecule has 7 nitrogen and oxygen atoms in total. The van der Waals surface area contributed by atoms with Crippen LogP contribution in [0, 0.1) is 0 Å². The predicted octanol–water partition coefficient (Wildman–Crippen LogP) is 3.37. The standard InChI is InChI=1S/C22H28N2O5S/c1-4-20(16-7-9-17(28-2)10-8-16)23-30(26,27)18-11-12-21(29-3)19(15-18)22(25)24-13-5-6-14-24/h7-12,15,20,23H,4-6,13-14H2,1-3H3/t20-/m1/s1. The van der Waals surface area contributed by atoms with Gasteiger partial charge in [-0.25, -0.2) is 13.1 Å². The molecule has 0 aromatic heterocycles. The lowest BCUT2D eigenvalue weighted by molar-refractivity contribution is 0.0789. The van der Waals surface area contributed by atoms with Crippen molar-refractivity contribution in [2.45, 2.75) is 37.1 Å². The lowest BCUT2D eigenvalue weighted by atomic mass is 10.1. The molecule has 0 radical (unpaired) electrons. The number of carbonyl (C=O) groups is 1. The van der Waals surface area contributed by atoms with Crippen LogP contribution >= 0.6 is 0 Å². The predicted molar refractivity (Wildman–Crippen MR) is 114 cm³/mol. The lowest BCUT2D eigenvalue weighted by Crippen LogP contribution is -2.30. The molecule has 1 aliphatic heterocycles. The molecule has 1 saturated heterocycles. The second-order valence-electron chi connectivity index (χ2n) is 7.22. The van der Waals surface area contributed by atoms with Gasteiger partial charge < -0.3 is 14.4 Å². The number of nitrogens with zero attached hydrogens (tertiary/aromatic N) is 1. The zero-order chi connectivity index (χ0) is 21.7. The molecule has 1 aliphatic rings. The van der Waals surface area contributed by atoms with Crippen molar-refractivity contribution in [1.82, 2.24) is 9.62 Å². The van der Waals surface area contributed by atoms with Gasteiger partial charge in [0, 0.05) is 19.1 Å². The van der Waals surface area contributed by atoms with Gasteiger partial charge in [0.05, 0.1) is 24.7 Å². The highest BCUT2D eigenvalue weighted by molar-refractivity contribution is 7.89. The van der Waals surface area contributed by atoms with E-state index in [1.165, 1.54) is 25.3 Å². The fourth-order valence-corrected chi connectivity index (χ4v) is 4.92. The number of hydrogen-bond donors (Lipinski definition) is 1. The van der Waals surface area contributed by atoms with Gasteiger partial charge in [0.15, 0.2) is 0 Å². The van der Waals surface area contributed by atoms with Crippen molar-refractivity contribution in [2.75, 3.05) is 27.3 Å². The second-order valence-corrected chi connectivity index (χ2v) is 8.93. The van der Waals surface area contributed by atoms with Crippen LogP contribution in [0.1, 0.15) is 48.1 Å². The summed E-state index contributed by atoms with van der Waals surface area (Å²) in [4.78, 5) is 14.7. The maximum Gasteiger partial charge on any atom is 0.257 e. The largest absolute Gasteiger partial charge is 0.497 e. The number of amides is 1. The minimum atomic E-state index is -3.85. The molecule has 1 heterocycles. The number of ether oxygens (including phenoxy) is 2. The molecular formula is C22H28N2O5S. The highest BCUT2D eigenvalue weighted by Gasteiger charge is 2.26. The smallest absolute Gasteiger partial charge is 0.257 e. The van der Waals surface area contributed by atoms with E-state index in [1.54, 1.807) is 24.1 Å². The van der Waals surface area contributed by atoms with Crippen molar-refractivity contribution in [1.29, 1.82) is 0 Å². The highest BCUT2D eigenvalue weighted by Crippen LogP contribution is 2.27. The van der Waals surface area contributed by atoms with Crippen LogP contribution in [0.5, 0.6) is 11.5 Å². The second kappa shape index (κ2) is 9.49. The Morgan fingerprint density at radius 2 is 1.73 bits per heavy atom. The summed E-state index contributed by atoms with van der Waals surface area (Å²) in [5, 5.41) is 0. The molecule has 3 rings (SSSR count). The maximum absolute atomic E-state index is 13.1. The normalized spacial score (nSPS) is 15.1. The number of nitrogens with one attached hydrogen (secondary N) is 1. The van der Waals surface area contributed by atoms with E-state index in [1.807, 2.05) is 19.1 Å². The molecule has 1 atom stereocenters. The van der Waals surface area contributed by atoms with Gasteiger partial charge in [-0.1, -0.05) is 19.1 Å². The number of hydrogen-bond acceptors (Lipinski definition) is 5. The van der Waals surface area contributed by atoms with Crippen LogP contribution in [-0.4, -0.2) is 46.5 Å². The summed E-state index contributed by atoms with van der Waals surface area (Å²) in [6, 6.07) is 11.3. The van der Waals surface area contributed by atoms with Gasteiger partial charge in [0.2, 0.25) is 10.0 Å². The molecule has 1 amide bonds. The Kier molecular flexibility index (Phi) is 6.99. The van der Waals surface area contributed by atoms with Crippen LogP contribution in [0.15, 0.2) is 47.4 Å². The quantitative estimate of drug-likeness (QED) is 0.691. The number of carbonyl (C=O) groups excluding carboxylic acids is 1. The molecule has 2 aromatic rings. The monoisotopic (exact) mass is 432 g/mol. The highest BCUT2D eigenvalue weighted by atomic mass is 32.2. The van der Waals surface area contributed by atoms with E-state index in [-0.39, 0.29) is 16.4 Å². The Bertz CT molecular complexity index is 983. The number of benzene rings is 2. The summed E-state index contributed by atoms with van der Waals surface area (Å²) in [5.41, 5.74) is 1.10. The Labute approximate surface area is 178 Å². The fourth-order valence-electron chi connectivity index (χ4n) is 3.59. The first-order valence-electron chi connectivity index (χ1n) is 10.0. The zero-order valence-electron chi connectivity index (χ0n) is 17.6. The number of methoxy groups -OCH3 is 2. The minimum absolute atomic E-state index is 0.0396. The maximum atomic E-state index is 13.1. The first-order chi connectivity index (χ1) is 14.4. The Morgan fingerprint density at radius 1 is 1.07 bits per heavy atom. The summed E-state index contributed by atoms with van der Waals surface area (Å²) in [7, 11) is -0.793. The van der Waals surface area contributed by atoms with Gasteiger partial charge in [-0.3, -0.25) is 4.79 Å². The lowest BCUT2D eigenvalue weighted by Gasteiger charge is -2.20. The number of likely N-dealkylation sites (tertiary alicyclic amines) is 1. The Balaban J connectivity index is 1.88. The van der Waals surface area contributed by atoms with Gasteiger partial charge in [-0.2, -0.15) is 0 Å². The molecule has 162 valence electrons. The van der Waals surface area contributed by atoms with E-state index in [2.05, 4.69) is 4.72 Å². The number of rotatable bonds is 8. The van der Waals surface area contributed by atoms with Crippen LogP contribution < -0.4 is 14.2 Å². The van der Waals surface area contributed by atoms with Crippen LogP contribution in [-0.2, 0) is 10.0 Å². The Hall–Kier alpha value is -2.58. The first kappa shape index (κ1) is 22.1. The molecule has 0 spiro atoms. The molecule has 1 N–H and O–H groups in total. The van der Waals surface area contributed by atoms with Crippen molar-refractivity contribution in [3.8, 4) is 11.5 Å². The van der Waals surface area contributed by atoms with Crippen molar-refractivity contribution in [2.24, 2.45) is 0 Å². The zero-order valence-corrected chi connectivity index (χ0v) is 18.4. The van der Waals surface area contributed by atoms with Crippen molar-refractivity contribution < 1.29 is 22.7 Å². The van der Waals surface area contributed by atoms with Crippen molar-refractivity contribution in [3.05, 3.63) is 53.6 Å². The average molecular weight is 433 g/mol. The van der Waals surface area contributed by atoms with E-state index in [0.29, 0.717) is 31.0 Å². The molecule has 2 aromatic carbocycles. The molecule has 0 unspecified atom stereocenters. The van der Waals surface area contributed by atoms with Gasteiger partial charge in [-0.05, 0) is 55.2 Å². The van der Waals surface area contributed by atoms with E-state index in [4.69, 9.17) is 9.47 Å². The van der Waals surface area contributed by atoms with Gasteiger partial charge in [-0.15, -0.1) is 0 Å². The van der Waals surface area contributed by atoms with Crippen LogP contribution in [0.2, 0.25) is 0 Å². The SMILES string of the molecule is CC[C@@H](NS(=O)(=O)c1ccc(OC)c(C(=O)N2CCCC2)c1)c1ccc(OC)cc1. The summed E-state index contributed by atoms with van der Waals surface area (Å²) in [5.74, 6) is 0.869. The van der Waals surface area contributed by atoms with E-state index < -0.39 is 16.1 Å². The third kappa shape index (κ3) is 4.76. The topological polar surface area (TPSA) is 84.9 Å². The fraction of sp³-hybridized carbons (Fsp3) is 0.409. The van der Waals surface area contributed by atoms with Crippen LogP contribution in [0.4, 0.5) is 0 Å². The van der Waals surface area contributed by atoms with Gasteiger partial charge in [0.25, 0.3) is 5.91 Å². The van der Waals surface area contributed by atoms with Crippen LogP contribution in [0.25, 0.3) is 0 Å². The summed E-state index contributed by atoms with van der Waals surface area (Å²) < 4.78 is 39.4. The molecule has 0 saturated carbocycles. The Morgan fingerprint density at radius 3 is 2.30 bits per heavy atom. The molecule has 1 fully saturated rings. The van der Waals surface area contributed by atoms with Crippen LogP contribution in [0.3, 0.4) is 0 Å². The van der Waals surface area contributed by atoms with E-state index in [0.717, 1.165) is 18.4 Å². The van der Waals surface area contributed by atoms with E-state index >= 15 is 0 Å². The summed E-state index contributed by atoms with van der Waals surface area (Å²) in [6.07, 6.45) is 2.47. The van der Waals surface area contributed by atoms with Crippen molar-refractivity contribution in [3.63, 3.8) is 0 Å². The molecule has 0 aliphatic carbocycles. The van der Waals surface area contributed by atoms with Gasteiger partial charge >= 0.3 is 0 Å². The molecular weight excluding hydrogens is 404 g/mol. The average Bonchev–Trinajstić information content (AvgIpc) is 3.31. The minimum Gasteiger partial charge on any atom is -0.497 e. The van der Waals surface area contributed by atoms with E-state index in [9.17, 15) is 13.2 Å². The number of sulfonamides is 1. The molecule has 30 heavy (non-hydrogen) atoms. The summed E-state index contributed by atoms with van der Waals surface area (Å²) >= 11 is 0. The third-order valence-electron chi connectivity index (χ3n) is 5.33. The molecule has 8 heteroatoms. The third-order valence-corrected chi connectivity index (χ3v) is 6.80. The first-order valence-corrected chi connectivity index (χ1v) is 11.5. The van der Waals surface area contributed by atoms with Crippen molar-refractivity contribution >= 4 is 15.9 Å². The molecule has 0 bridgehead atoms. The summed E-state index contributed by atoms with van der Waals surface area (Å²) in [6.45, 7) is 3.26.